The van der Waals surface area contributed by atoms with Crippen LogP contribution in [0.3, 0.4) is 0 Å². The van der Waals surface area contributed by atoms with E-state index in [-0.39, 0.29) is 5.41 Å². The second-order valence-electron chi connectivity index (χ2n) is 4.97. The number of nitrogens with zero attached hydrogens (tertiary/aromatic N) is 1. The number of hydrogen-bond acceptors (Lipinski definition) is 2. The normalized spacial score (nSPS) is 11.6. The van der Waals surface area contributed by atoms with Crippen molar-refractivity contribution in [3.63, 3.8) is 0 Å². The average molecular weight is 199 g/mol. The van der Waals surface area contributed by atoms with Gasteiger partial charge in [0.25, 0.3) is 0 Å². The van der Waals surface area contributed by atoms with Gasteiger partial charge in [-0.25, -0.2) is 0 Å². The van der Waals surface area contributed by atoms with Crippen molar-refractivity contribution in [3.05, 3.63) is 4.91 Å². The summed E-state index contributed by atoms with van der Waals surface area (Å²) in [4.78, 5) is 10.1. The van der Waals surface area contributed by atoms with Gasteiger partial charge in [0, 0.05) is 0 Å². The molecular weight excluding hydrogens is 174 g/mol. The fourth-order valence-corrected chi connectivity index (χ4v) is 1.64. The van der Waals surface area contributed by atoms with E-state index in [1.807, 2.05) is 0 Å². The Labute approximate surface area is 88.4 Å². The summed E-state index contributed by atoms with van der Waals surface area (Å²) < 4.78 is 0. The largest absolute Gasteiger partial charge is 0.151 e. The molecule has 84 valence electrons. The van der Waals surface area contributed by atoms with E-state index >= 15 is 0 Å². The highest BCUT2D eigenvalue weighted by Gasteiger charge is 2.16. The van der Waals surface area contributed by atoms with E-state index in [1.54, 1.807) is 0 Å². The van der Waals surface area contributed by atoms with Gasteiger partial charge in [0.05, 0.1) is 6.54 Å². The molecule has 0 fully saturated rings. The summed E-state index contributed by atoms with van der Waals surface area (Å²) >= 11 is 0. The lowest BCUT2D eigenvalue weighted by molar-refractivity contribution is 0.330. The molecule has 0 radical (unpaired) electrons. The van der Waals surface area contributed by atoms with Crippen LogP contribution >= 0.6 is 0 Å². The highest BCUT2D eigenvalue weighted by atomic mass is 16.3. The first-order valence-electron chi connectivity index (χ1n) is 5.91. The van der Waals surface area contributed by atoms with Crippen molar-refractivity contribution in [2.75, 3.05) is 6.54 Å². The highest BCUT2D eigenvalue weighted by molar-refractivity contribution is 4.70. The lowest BCUT2D eigenvalue weighted by atomic mass is 9.87. The summed E-state index contributed by atoms with van der Waals surface area (Å²) in [6, 6.07) is 0. The van der Waals surface area contributed by atoms with Gasteiger partial charge >= 0.3 is 0 Å². The molecule has 14 heavy (non-hydrogen) atoms. The van der Waals surface area contributed by atoms with Crippen LogP contribution < -0.4 is 0 Å². The second-order valence-corrected chi connectivity index (χ2v) is 4.97. The first-order valence-corrected chi connectivity index (χ1v) is 5.91. The molecule has 0 bridgehead atoms. The van der Waals surface area contributed by atoms with Crippen LogP contribution in [0.25, 0.3) is 0 Å². The summed E-state index contributed by atoms with van der Waals surface area (Å²) in [6.45, 7) is 6.95. The van der Waals surface area contributed by atoms with Crippen LogP contribution in [-0.4, -0.2) is 6.54 Å². The molecule has 2 heteroatoms. The van der Waals surface area contributed by atoms with Gasteiger partial charge in [0.2, 0.25) is 0 Å². The summed E-state index contributed by atoms with van der Waals surface area (Å²) in [5, 5.41) is 2.99. The van der Waals surface area contributed by atoms with E-state index < -0.39 is 0 Å². The van der Waals surface area contributed by atoms with Crippen LogP contribution in [-0.2, 0) is 0 Å². The average Bonchev–Trinajstić information content (AvgIpc) is 2.11. The van der Waals surface area contributed by atoms with E-state index in [0.29, 0.717) is 6.54 Å². The quantitative estimate of drug-likeness (QED) is 0.396. The van der Waals surface area contributed by atoms with E-state index in [4.69, 9.17) is 0 Å². The van der Waals surface area contributed by atoms with Crippen molar-refractivity contribution >= 4 is 0 Å². The van der Waals surface area contributed by atoms with Gasteiger partial charge in [-0.2, -0.15) is 4.91 Å². The van der Waals surface area contributed by atoms with Crippen LogP contribution in [0.15, 0.2) is 5.18 Å². The van der Waals surface area contributed by atoms with Crippen molar-refractivity contribution in [1.29, 1.82) is 0 Å². The van der Waals surface area contributed by atoms with Crippen LogP contribution in [0.2, 0.25) is 0 Å². The van der Waals surface area contributed by atoms with Gasteiger partial charge in [0.15, 0.2) is 0 Å². The molecule has 0 aromatic rings. The zero-order valence-corrected chi connectivity index (χ0v) is 10.0. The van der Waals surface area contributed by atoms with Crippen molar-refractivity contribution in [2.45, 2.75) is 65.7 Å². The maximum absolute atomic E-state index is 10.1. The maximum Gasteiger partial charge on any atom is 0.0862 e. The Kier molecular flexibility index (Phi) is 7.73. The third kappa shape index (κ3) is 8.21. The molecule has 0 rings (SSSR count). The van der Waals surface area contributed by atoms with Gasteiger partial charge < -0.3 is 0 Å². The number of unbranched alkanes of at least 4 members (excludes halogenated alkanes) is 5. The van der Waals surface area contributed by atoms with Crippen molar-refractivity contribution in [1.82, 2.24) is 0 Å². The van der Waals surface area contributed by atoms with Crippen LogP contribution in [0.4, 0.5) is 0 Å². The van der Waals surface area contributed by atoms with E-state index in [0.717, 1.165) is 6.42 Å². The SMILES string of the molecule is CCCCCCCCC(C)(C)CN=O. The Morgan fingerprint density at radius 1 is 1.00 bits per heavy atom. The van der Waals surface area contributed by atoms with Crippen molar-refractivity contribution in [2.24, 2.45) is 10.6 Å². The topological polar surface area (TPSA) is 29.4 Å². The zero-order chi connectivity index (χ0) is 10.9. The molecule has 0 aliphatic carbocycles. The Morgan fingerprint density at radius 2 is 1.57 bits per heavy atom. The molecule has 0 atom stereocenters. The minimum Gasteiger partial charge on any atom is -0.151 e. The van der Waals surface area contributed by atoms with Crippen LogP contribution in [0.5, 0.6) is 0 Å². The molecule has 0 spiro atoms. The third-order valence-corrected chi connectivity index (χ3v) is 2.70. The summed E-state index contributed by atoms with van der Waals surface area (Å²) in [5.41, 5.74) is 0.118. The zero-order valence-electron chi connectivity index (χ0n) is 10.0. The molecule has 0 N–H and O–H groups in total. The molecule has 0 aromatic carbocycles. The molecule has 0 aliphatic rings. The fraction of sp³-hybridized carbons (Fsp3) is 1.00. The van der Waals surface area contributed by atoms with Gasteiger partial charge in [-0.1, -0.05) is 64.5 Å². The van der Waals surface area contributed by atoms with Gasteiger partial charge in [-0.3, -0.25) is 0 Å². The predicted octanol–water partition coefficient (Wildman–Crippen LogP) is 4.53. The minimum absolute atomic E-state index is 0.118. The Morgan fingerprint density at radius 3 is 2.14 bits per heavy atom. The highest BCUT2D eigenvalue weighted by Crippen LogP contribution is 2.24. The van der Waals surface area contributed by atoms with Crippen molar-refractivity contribution < 1.29 is 0 Å². The first-order chi connectivity index (χ1) is 6.62. The molecule has 0 aromatic heterocycles. The number of nitroso groups, excluding NO2 is 1. The maximum atomic E-state index is 10.1. The standard InChI is InChI=1S/C12H25NO/c1-4-5-6-7-8-9-10-12(2,3)11-13-14/h4-11H2,1-3H3. The van der Waals surface area contributed by atoms with Gasteiger partial charge in [-0.15, -0.1) is 0 Å². The van der Waals surface area contributed by atoms with E-state index in [1.165, 1.54) is 38.5 Å². The molecule has 2 nitrogen and oxygen atoms in total. The van der Waals surface area contributed by atoms with Crippen LogP contribution in [0, 0.1) is 10.3 Å². The third-order valence-electron chi connectivity index (χ3n) is 2.70. The number of rotatable bonds is 9. The summed E-state index contributed by atoms with van der Waals surface area (Å²) in [5.74, 6) is 0. The summed E-state index contributed by atoms with van der Waals surface area (Å²) in [6.07, 6.45) is 9.06. The molecule has 0 heterocycles. The van der Waals surface area contributed by atoms with Gasteiger partial charge in [0.1, 0.15) is 0 Å². The molecule has 0 unspecified atom stereocenters. The smallest absolute Gasteiger partial charge is 0.0862 e. The predicted molar refractivity (Wildman–Crippen MR) is 62.4 cm³/mol. The molecule has 0 aliphatic heterocycles. The fourth-order valence-electron chi connectivity index (χ4n) is 1.64. The second kappa shape index (κ2) is 7.95. The van der Waals surface area contributed by atoms with Crippen LogP contribution in [0.1, 0.15) is 65.7 Å². The Bertz CT molecular complexity index is 143. The minimum atomic E-state index is 0.118. The van der Waals surface area contributed by atoms with E-state index in [9.17, 15) is 4.91 Å². The Balaban J connectivity index is 3.30. The molecule has 0 amide bonds. The summed E-state index contributed by atoms with van der Waals surface area (Å²) in [7, 11) is 0. The first kappa shape index (κ1) is 13.6. The molecule has 0 saturated carbocycles. The molecule has 0 saturated heterocycles. The van der Waals surface area contributed by atoms with Gasteiger partial charge in [-0.05, 0) is 11.8 Å². The molecular formula is C12H25NO. The lowest BCUT2D eigenvalue weighted by Gasteiger charge is -2.20. The monoisotopic (exact) mass is 199 g/mol. The van der Waals surface area contributed by atoms with Crippen molar-refractivity contribution in [3.8, 4) is 0 Å². The lowest BCUT2D eigenvalue weighted by Crippen LogP contribution is -2.14. The Hall–Kier alpha value is -0.400. The van der Waals surface area contributed by atoms with E-state index in [2.05, 4.69) is 25.9 Å². The number of hydrogen-bond donors (Lipinski definition) is 0.